The smallest absolute Gasteiger partial charge is 0.282 e. The molecule has 1 atom stereocenters. The third-order valence-corrected chi connectivity index (χ3v) is 3.34. The fourth-order valence-corrected chi connectivity index (χ4v) is 2.17. The van der Waals surface area contributed by atoms with E-state index in [1.807, 2.05) is 6.92 Å². The Morgan fingerprint density at radius 1 is 1.35 bits per heavy atom. The highest BCUT2D eigenvalue weighted by molar-refractivity contribution is 5.93. The van der Waals surface area contributed by atoms with Gasteiger partial charge in [-0.25, -0.2) is 8.78 Å². The van der Waals surface area contributed by atoms with Crippen molar-refractivity contribution in [2.24, 2.45) is 0 Å². The minimum Gasteiger partial charge on any atom is -0.494 e. The summed E-state index contributed by atoms with van der Waals surface area (Å²) in [6.07, 6.45) is -2.66. The Balaban J connectivity index is 2.07. The minimum atomic E-state index is -2.66. The lowest BCUT2D eigenvalue weighted by Gasteiger charge is -2.14. The number of rotatable bonds is 6. The SMILES string of the molecule is CCOc1ccc(NC(=O)C(C)n2nc(C(F)F)cc2C)cc1. The van der Waals surface area contributed by atoms with Crippen LogP contribution in [-0.2, 0) is 4.79 Å². The van der Waals surface area contributed by atoms with Gasteiger partial charge in [0.05, 0.1) is 6.61 Å². The number of aryl methyl sites for hydroxylation is 1. The average molecular weight is 323 g/mol. The molecule has 1 unspecified atom stereocenters. The van der Waals surface area contributed by atoms with Gasteiger partial charge in [0.25, 0.3) is 6.43 Å². The van der Waals surface area contributed by atoms with Gasteiger partial charge in [0, 0.05) is 11.4 Å². The van der Waals surface area contributed by atoms with Crippen LogP contribution in [-0.4, -0.2) is 22.3 Å². The van der Waals surface area contributed by atoms with E-state index in [-0.39, 0.29) is 11.6 Å². The quantitative estimate of drug-likeness (QED) is 0.881. The molecule has 0 saturated heterocycles. The number of amides is 1. The molecule has 7 heteroatoms. The molecule has 1 aromatic heterocycles. The lowest BCUT2D eigenvalue weighted by molar-refractivity contribution is -0.119. The van der Waals surface area contributed by atoms with Crippen LogP contribution in [0.25, 0.3) is 0 Å². The van der Waals surface area contributed by atoms with Crippen molar-refractivity contribution in [1.29, 1.82) is 0 Å². The summed E-state index contributed by atoms with van der Waals surface area (Å²) in [5.41, 5.74) is 0.780. The second-order valence-electron chi connectivity index (χ2n) is 5.08. The van der Waals surface area contributed by atoms with Gasteiger partial charge in [-0.05, 0) is 51.1 Å². The van der Waals surface area contributed by atoms with Crippen LogP contribution in [0.1, 0.15) is 37.7 Å². The monoisotopic (exact) mass is 323 g/mol. The van der Waals surface area contributed by atoms with Crippen molar-refractivity contribution < 1.29 is 18.3 Å². The Labute approximate surface area is 133 Å². The molecule has 0 fully saturated rings. The Kier molecular flexibility index (Phi) is 5.31. The largest absolute Gasteiger partial charge is 0.494 e. The number of anilines is 1. The van der Waals surface area contributed by atoms with Gasteiger partial charge in [0.15, 0.2) is 0 Å². The highest BCUT2D eigenvalue weighted by Crippen LogP contribution is 2.21. The minimum absolute atomic E-state index is 0.330. The Bertz CT molecular complexity index is 668. The molecule has 1 N–H and O–H groups in total. The number of nitrogens with zero attached hydrogens (tertiary/aromatic N) is 2. The van der Waals surface area contributed by atoms with Crippen molar-refractivity contribution >= 4 is 11.6 Å². The summed E-state index contributed by atoms with van der Waals surface area (Å²) < 4.78 is 32.0. The standard InChI is InChI=1S/C16H19F2N3O2/c1-4-23-13-7-5-12(6-8-13)19-16(22)11(3)21-10(2)9-14(20-21)15(17)18/h5-9,11,15H,4H2,1-3H3,(H,19,22). The van der Waals surface area contributed by atoms with Gasteiger partial charge in [-0.15, -0.1) is 0 Å². The van der Waals surface area contributed by atoms with E-state index >= 15 is 0 Å². The van der Waals surface area contributed by atoms with Crippen LogP contribution in [0.2, 0.25) is 0 Å². The number of benzene rings is 1. The fourth-order valence-electron chi connectivity index (χ4n) is 2.17. The van der Waals surface area contributed by atoms with Gasteiger partial charge in [-0.1, -0.05) is 0 Å². The molecule has 5 nitrogen and oxygen atoms in total. The molecule has 0 bridgehead atoms. The summed E-state index contributed by atoms with van der Waals surface area (Å²) in [4.78, 5) is 12.3. The van der Waals surface area contributed by atoms with E-state index in [0.717, 1.165) is 0 Å². The maximum absolute atomic E-state index is 12.7. The normalized spacial score (nSPS) is 12.3. The summed E-state index contributed by atoms with van der Waals surface area (Å²) >= 11 is 0. The predicted molar refractivity (Wildman–Crippen MR) is 82.9 cm³/mol. The molecule has 1 amide bonds. The van der Waals surface area contributed by atoms with Crippen LogP contribution in [0.4, 0.5) is 14.5 Å². The van der Waals surface area contributed by atoms with Crippen molar-refractivity contribution in [1.82, 2.24) is 9.78 Å². The predicted octanol–water partition coefficient (Wildman–Crippen LogP) is 3.73. The lowest BCUT2D eigenvalue weighted by Crippen LogP contribution is -2.25. The first kappa shape index (κ1) is 16.9. The summed E-state index contributed by atoms with van der Waals surface area (Å²) in [6.45, 7) is 5.70. The maximum atomic E-state index is 12.7. The Hall–Kier alpha value is -2.44. The van der Waals surface area contributed by atoms with Crippen LogP contribution < -0.4 is 10.1 Å². The number of ether oxygens (including phenoxy) is 1. The number of hydrogen-bond acceptors (Lipinski definition) is 3. The van der Waals surface area contributed by atoms with Crippen molar-refractivity contribution in [3.8, 4) is 5.75 Å². The zero-order valence-electron chi connectivity index (χ0n) is 13.2. The number of aromatic nitrogens is 2. The molecule has 0 aliphatic heterocycles. The molecule has 1 aromatic carbocycles. The van der Waals surface area contributed by atoms with Crippen LogP contribution in [0, 0.1) is 6.92 Å². The van der Waals surface area contributed by atoms with E-state index in [0.29, 0.717) is 23.7 Å². The molecule has 0 saturated carbocycles. The molecule has 0 aliphatic rings. The molecule has 124 valence electrons. The highest BCUT2D eigenvalue weighted by Gasteiger charge is 2.21. The van der Waals surface area contributed by atoms with Gasteiger partial charge < -0.3 is 10.1 Å². The molecule has 0 radical (unpaired) electrons. The number of hydrogen-bond donors (Lipinski definition) is 1. The molecule has 0 spiro atoms. The first-order valence-electron chi connectivity index (χ1n) is 7.30. The number of nitrogens with one attached hydrogen (secondary N) is 1. The number of alkyl halides is 2. The molecule has 2 rings (SSSR count). The van der Waals surface area contributed by atoms with E-state index in [4.69, 9.17) is 4.74 Å². The summed E-state index contributed by atoms with van der Waals surface area (Å²) in [6, 6.07) is 7.52. The van der Waals surface area contributed by atoms with Crippen LogP contribution in [0.3, 0.4) is 0 Å². The zero-order valence-corrected chi connectivity index (χ0v) is 13.2. The van der Waals surface area contributed by atoms with Gasteiger partial charge in [0.2, 0.25) is 5.91 Å². The molecule has 0 aliphatic carbocycles. The summed E-state index contributed by atoms with van der Waals surface area (Å²) in [7, 11) is 0. The second kappa shape index (κ2) is 7.21. The summed E-state index contributed by atoms with van der Waals surface area (Å²) in [5.74, 6) is 0.379. The fraction of sp³-hybridized carbons (Fsp3) is 0.375. The second-order valence-corrected chi connectivity index (χ2v) is 5.08. The number of carbonyl (C=O) groups is 1. The van der Waals surface area contributed by atoms with E-state index in [9.17, 15) is 13.6 Å². The molecule has 23 heavy (non-hydrogen) atoms. The van der Waals surface area contributed by atoms with Gasteiger partial charge >= 0.3 is 0 Å². The van der Waals surface area contributed by atoms with Crippen LogP contribution in [0.5, 0.6) is 5.75 Å². The number of carbonyl (C=O) groups excluding carboxylic acids is 1. The molecule has 1 heterocycles. The average Bonchev–Trinajstić information content (AvgIpc) is 2.91. The van der Waals surface area contributed by atoms with Crippen LogP contribution >= 0.6 is 0 Å². The third kappa shape index (κ3) is 4.06. The first-order chi connectivity index (χ1) is 10.9. The van der Waals surface area contributed by atoms with E-state index in [2.05, 4.69) is 10.4 Å². The van der Waals surface area contributed by atoms with E-state index < -0.39 is 12.5 Å². The van der Waals surface area contributed by atoms with E-state index in [1.54, 1.807) is 38.1 Å². The topological polar surface area (TPSA) is 56.1 Å². The van der Waals surface area contributed by atoms with Crippen LogP contribution in [0.15, 0.2) is 30.3 Å². The lowest BCUT2D eigenvalue weighted by atomic mass is 10.2. The summed E-state index contributed by atoms with van der Waals surface area (Å²) in [5, 5.41) is 6.53. The van der Waals surface area contributed by atoms with Crippen molar-refractivity contribution in [3.63, 3.8) is 0 Å². The maximum Gasteiger partial charge on any atom is 0.282 e. The third-order valence-electron chi connectivity index (χ3n) is 3.34. The molecule has 2 aromatic rings. The van der Waals surface area contributed by atoms with Gasteiger partial charge in [-0.3, -0.25) is 9.48 Å². The van der Waals surface area contributed by atoms with Gasteiger partial charge in [-0.2, -0.15) is 5.10 Å². The van der Waals surface area contributed by atoms with Gasteiger partial charge in [0.1, 0.15) is 17.5 Å². The van der Waals surface area contributed by atoms with Crippen molar-refractivity contribution in [3.05, 3.63) is 41.7 Å². The van der Waals surface area contributed by atoms with E-state index in [1.165, 1.54) is 10.7 Å². The first-order valence-corrected chi connectivity index (χ1v) is 7.30. The molecular weight excluding hydrogens is 304 g/mol. The zero-order chi connectivity index (χ0) is 17.0. The van der Waals surface area contributed by atoms with Crippen molar-refractivity contribution in [2.45, 2.75) is 33.2 Å². The Morgan fingerprint density at radius 3 is 2.52 bits per heavy atom. The highest BCUT2D eigenvalue weighted by atomic mass is 19.3. The number of halogens is 2. The molecular formula is C16H19F2N3O2. The Morgan fingerprint density at radius 2 is 2.00 bits per heavy atom. The van der Waals surface area contributed by atoms with Crippen molar-refractivity contribution in [2.75, 3.05) is 11.9 Å².